The fraction of sp³-hybridized carbons (Fsp3) is 0.130. The molecule has 0 unspecified atom stereocenters. The zero-order valence-corrected chi connectivity index (χ0v) is 15.2. The second-order valence-electron chi connectivity index (χ2n) is 6.21. The van der Waals surface area contributed by atoms with Crippen LogP contribution in [0.25, 0.3) is 0 Å². The number of rotatable bonds is 6. The highest BCUT2D eigenvalue weighted by molar-refractivity contribution is 6.05. The minimum atomic E-state index is -0.188. The molecule has 0 atom stereocenters. The van der Waals surface area contributed by atoms with E-state index in [2.05, 4.69) is 10.6 Å². The summed E-state index contributed by atoms with van der Waals surface area (Å²) in [6.45, 7) is 2.52. The Kier molecular flexibility index (Phi) is 6.00. The monoisotopic (exact) mass is 358 g/mol. The summed E-state index contributed by atoms with van der Waals surface area (Å²) in [4.78, 5) is 24.7. The maximum Gasteiger partial charge on any atom is 0.255 e. The van der Waals surface area contributed by atoms with E-state index in [0.29, 0.717) is 17.7 Å². The molecule has 0 saturated heterocycles. The van der Waals surface area contributed by atoms with Crippen LogP contribution >= 0.6 is 0 Å². The molecule has 0 heterocycles. The van der Waals surface area contributed by atoms with E-state index in [1.807, 2.05) is 61.5 Å². The smallest absolute Gasteiger partial charge is 0.255 e. The van der Waals surface area contributed by atoms with Gasteiger partial charge in [0.15, 0.2) is 0 Å². The van der Waals surface area contributed by atoms with Crippen molar-refractivity contribution in [2.75, 3.05) is 5.32 Å². The molecule has 0 bridgehead atoms. The molecule has 4 heteroatoms. The van der Waals surface area contributed by atoms with Gasteiger partial charge in [-0.2, -0.15) is 0 Å². The van der Waals surface area contributed by atoms with Crippen molar-refractivity contribution < 1.29 is 9.59 Å². The van der Waals surface area contributed by atoms with Gasteiger partial charge in [-0.3, -0.25) is 9.59 Å². The summed E-state index contributed by atoms with van der Waals surface area (Å²) in [5.74, 6) is -0.353. The summed E-state index contributed by atoms with van der Waals surface area (Å²) < 4.78 is 0. The first-order valence-electron chi connectivity index (χ1n) is 8.99. The van der Waals surface area contributed by atoms with Gasteiger partial charge in [-0.1, -0.05) is 55.5 Å². The highest BCUT2D eigenvalue weighted by atomic mass is 16.2. The summed E-state index contributed by atoms with van der Waals surface area (Å²) >= 11 is 0. The highest BCUT2D eigenvalue weighted by Gasteiger charge is 2.10. The first-order valence-corrected chi connectivity index (χ1v) is 8.99. The number of hydrogen-bond acceptors (Lipinski definition) is 2. The lowest BCUT2D eigenvalue weighted by atomic mass is 10.1. The first-order chi connectivity index (χ1) is 13.2. The minimum absolute atomic E-state index is 0.165. The molecule has 2 N–H and O–H groups in total. The van der Waals surface area contributed by atoms with E-state index >= 15 is 0 Å². The van der Waals surface area contributed by atoms with Crippen LogP contribution in [-0.4, -0.2) is 11.8 Å². The third-order valence-corrected chi connectivity index (χ3v) is 4.35. The van der Waals surface area contributed by atoms with Gasteiger partial charge < -0.3 is 10.6 Å². The van der Waals surface area contributed by atoms with Crippen molar-refractivity contribution in [1.82, 2.24) is 5.32 Å². The predicted octanol–water partition coefficient (Wildman–Crippen LogP) is 4.43. The van der Waals surface area contributed by atoms with E-state index in [4.69, 9.17) is 0 Å². The van der Waals surface area contributed by atoms with Crippen molar-refractivity contribution in [3.63, 3.8) is 0 Å². The number of carbonyl (C=O) groups excluding carboxylic acids is 2. The van der Waals surface area contributed by atoms with Crippen LogP contribution in [-0.2, 0) is 13.0 Å². The molecule has 0 aliphatic rings. The molecular weight excluding hydrogens is 336 g/mol. The maximum absolute atomic E-state index is 12.5. The van der Waals surface area contributed by atoms with E-state index in [9.17, 15) is 9.59 Å². The van der Waals surface area contributed by atoms with Crippen LogP contribution in [0.1, 0.15) is 38.8 Å². The molecule has 0 aliphatic heterocycles. The van der Waals surface area contributed by atoms with Crippen LogP contribution in [0.5, 0.6) is 0 Å². The fourth-order valence-electron chi connectivity index (χ4n) is 2.80. The molecular formula is C23H22N2O2. The van der Waals surface area contributed by atoms with Crippen molar-refractivity contribution in [2.45, 2.75) is 19.9 Å². The second kappa shape index (κ2) is 8.81. The van der Waals surface area contributed by atoms with Crippen LogP contribution in [0, 0.1) is 0 Å². The molecule has 0 radical (unpaired) electrons. The molecule has 0 fully saturated rings. The lowest BCUT2D eigenvalue weighted by molar-refractivity contribution is 0.0949. The predicted molar refractivity (Wildman–Crippen MR) is 108 cm³/mol. The number of para-hydroxylation sites is 1. The van der Waals surface area contributed by atoms with Gasteiger partial charge in [-0.05, 0) is 47.9 Å². The average molecular weight is 358 g/mol. The van der Waals surface area contributed by atoms with Crippen LogP contribution in [0.4, 0.5) is 5.69 Å². The highest BCUT2D eigenvalue weighted by Crippen LogP contribution is 2.17. The summed E-state index contributed by atoms with van der Waals surface area (Å²) in [5.41, 5.74) is 3.98. The van der Waals surface area contributed by atoms with Gasteiger partial charge in [-0.25, -0.2) is 0 Å². The fourth-order valence-corrected chi connectivity index (χ4v) is 2.80. The van der Waals surface area contributed by atoms with Crippen molar-refractivity contribution in [3.8, 4) is 0 Å². The Balaban J connectivity index is 1.62. The quantitative estimate of drug-likeness (QED) is 0.685. The Bertz CT molecular complexity index is 919. The third-order valence-electron chi connectivity index (χ3n) is 4.35. The molecule has 0 saturated carbocycles. The van der Waals surface area contributed by atoms with E-state index in [1.54, 1.807) is 24.3 Å². The van der Waals surface area contributed by atoms with Crippen molar-refractivity contribution in [1.29, 1.82) is 0 Å². The molecule has 3 rings (SSSR count). The van der Waals surface area contributed by atoms with Gasteiger partial charge in [-0.15, -0.1) is 0 Å². The Labute approximate surface area is 159 Å². The minimum Gasteiger partial charge on any atom is -0.348 e. The molecule has 27 heavy (non-hydrogen) atoms. The molecule has 4 nitrogen and oxygen atoms in total. The molecule has 2 amide bonds. The number of anilines is 1. The number of amides is 2. The topological polar surface area (TPSA) is 58.2 Å². The summed E-state index contributed by atoms with van der Waals surface area (Å²) in [6, 6.07) is 24.1. The van der Waals surface area contributed by atoms with E-state index in [0.717, 1.165) is 23.2 Å². The van der Waals surface area contributed by atoms with Crippen LogP contribution in [0.3, 0.4) is 0 Å². The van der Waals surface area contributed by atoms with Crippen LogP contribution < -0.4 is 10.6 Å². The van der Waals surface area contributed by atoms with Gasteiger partial charge in [0.2, 0.25) is 0 Å². The third kappa shape index (κ3) is 4.82. The normalized spacial score (nSPS) is 10.3. The Morgan fingerprint density at radius 3 is 2.00 bits per heavy atom. The summed E-state index contributed by atoms with van der Waals surface area (Å²) in [5, 5.41) is 5.81. The lowest BCUT2D eigenvalue weighted by Gasteiger charge is -2.10. The number of aryl methyl sites for hydroxylation is 1. The van der Waals surface area contributed by atoms with Crippen molar-refractivity contribution in [2.24, 2.45) is 0 Å². The van der Waals surface area contributed by atoms with Crippen molar-refractivity contribution >= 4 is 17.5 Å². The zero-order valence-electron chi connectivity index (χ0n) is 15.2. The van der Waals surface area contributed by atoms with Gasteiger partial charge in [0.05, 0.1) is 0 Å². The molecule has 0 spiro atoms. The lowest BCUT2D eigenvalue weighted by Crippen LogP contribution is -2.23. The van der Waals surface area contributed by atoms with Crippen LogP contribution in [0.15, 0.2) is 78.9 Å². The van der Waals surface area contributed by atoms with Gasteiger partial charge in [0, 0.05) is 23.4 Å². The van der Waals surface area contributed by atoms with E-state index in [1.165, 1.54) is 0 Å². The standard InChI is InChI=1S/C23H22N2O2/c1-2-18-10-6-7-11-21(18)25-23(27)20-14-12-19(13-15-20)22(26)24-16-17-8-4-3-5-9-17/h3-15H,2,16H2,1H3,(H,24,26)(H,25,27). The number of carbonyl (C=O) groups is 2. The number of nitrogens with one attached hydrogen (secondary N) is 2. The molecule has 136 valence electrons. The second-order valence-corrected chi connectivity index (χ2v) is 6.21. The molecule has 3 aromatic rings. The molecule has 0 aliphatic carbocycles. The average Bonchev–Trinajstić information content (AvgIpc) is 2.73. The van der Waals surface area contributed by atoms with Gasteiger partial charge >= 0.3 is 0 Å². The molecule has 0 aromatic heterocycles. The number of hydrogen-bond donors (Lipinski definition) is 2. The summed E-state index contributed by atoms with van der Waals surface area (Å²) in [7, 11) is 0. The van der Waals surface area contributed by atoms with Gasteiger partial charge in [0.25, 0.3) is 11.8 Å². The zero-order chi connectivity index (χ0) is 19.1. The van der Waals surface area contributed by atoms with E-state index in [-0.39, 0.29) is 11.8 Å². The SMILES string of the molecule is CCc1ccccc1NC(=O)c1ccc(C(=O)NCc2ccccc2)cc1. The first kappa shape index (κ1) is 18.4. The Morgan fingerprint density at radius 1 is 0.741 bits per heavy atom. The summed E-state index contributed by atoms with van der Waals surface area (Å²) in [6.07, 6.45) is 0.844. The van der Waals surface area contributed by atoms with E-state index < -0.39 is 0 Å². The molecule has 3 aromatic carbocycles. The number of benzene rings is 3. The Hall–Kier alpha value is -3.40. The van der Waals surface area contributed by atoms with Gasteiger partial charge in [0.1, 0.15) is 0 Å². The van der Waals surface area contributed by atoms with Crippen LogP contribution in [0.2, 0.25) is 0 Å². The largest absolute Gasteiger partial charge is 0.348 e. The maximum atomic E-state index is 12.5. The Morgan fingerprint density at radius 2 is 1.33 bits per heavy atom. The van der Waals surface area contributed by atoms with Crippen molar-refractivity contribution in [3.05, 3.63) is 101 Å².